The van der Waals surface area contributed by atoms with Crippen LogP contribution in [0.4, 0.5) is 0 Å². The number of carbonyl (C=O) groups excluding carboxylic acids is 1. The van der Waals surface area contributed by atoms with Gasteiger partial charge >= 0.3 is 0 Å². The molecule has 178 valence electrons. The number of nitrogens with zero attached hydrogens (tertiary/aromatic N) is 2. The normalized spacial score (nSPS) is 12.2. The lowest BCUT2D eigenvalue weighted by molar-refractivity contribution is -0.697. The lowest BCUT2D eigenvalue weighted by Gasteiger charge is -2.10. The molecule has 0 bridgehead atoms. The van der Waals surface area contributed by atoms with Crippen molar-refractivity contribution in [1.82, 2.24) is 4.98 Å². The van der Waals surface area contributed by atoms with Crippen LogP contribution in [-0.4, -0.2) is 29.2 Å². The molecule has 0 aliphatic heterocycles. The number of aldehydes is 1. The van der Waals surface area contributed by atoms with E-state index >= 15 is 0 Å². The highest BCUT2D eigenvalue weighted by Gasteiger charge is 2.18. The third-order valence-electron chi connectivity index (χ3n) is 5.42. The van der Waals surface area contributed by atoms with Crippen molar-refractivity contribution in [3.05, 3.63) is 36.7 Å². The SMILES string of the molecule is CCCCCC[n+]1ccc(-c2nc3cc(S(=O)OC)c(OCCCCCC=O)cc3o2)cc1. The molecule has 8 heteroatoms. The predicted octanol–water partition coefficient (Wildman–Crippen LogP) is 5.17. The summed E-state index contributed by atoms with van der Waals surface area (Å²) in [5, 5.41) is 0. The lowest BCUT2D eigenvalue weighted by atomic mass is 10.2. The van der Waals surface area contributed by atoms with Gasteiger partial charge in [0.25, 0.3) is 0 Å². The van der Waals surface area contributed by atoms with Crippen molar-refractivity contribution in [3.63, 3.8) is 0 Å². The number of rotatable bonds is 15. The van der Waals surface area contributed by atoms with Crippen molar-refractivity contribution in [1.29, 1.82) is 0 Å². The number of aromatic nitrogens is 2. The number of oxazole rings is 1. The molecule has 0 aliphatic rings. The molecule has 33 heavy (non-hydrogen) atoms. The molecule has 0 N–H and O–H groups in total. The largest absolute Gasteiger partial charge is 0.492 e. The number of ether oxygens (including phenoxy) is 1. The van der Waals surface area contributed by atoms with Gasteiger partial charge in [-0.25, -0.2) is 13.8 Å². The molecule has 0 amide bonds. The van der Waals surface area contributed by atoms with Gasteiger partial charge in [0.05, 0.1) is 13.7 Å². The van der Waals surface area contributed by atoms with Crippen LogP contribution in [0.5, 0.6) is 5.75 Å². The van der Waals surface area contributed by atoms with Crippen molar-refractivity contribution in [2.45, 2.75) is 69.7 Å². The standard InChI is InChI=1S/C25H33N2O5S/c1-3-4-5-8-13-27-14-11-20(12-15-27)25-26-21-18-24(33(29)30-2)23(19-22(21)32-25)31-17-10-7-6-9-16-28/h11-12,14-16,18-19H,3-10,13,17H2,1-2H3/q+1. The Labute approximate surface area is 197 Å². The maximum atomic E-state index is 12.4. The summed E-state index contributed by atoms with van der Waals surface area (Å²) in [6.07, 6.45) is 13.0. The summed E-state index contributed by atoms with van der Waals surface area (Å²) in [6.45, 7) is 3.66. The van der Waals surface area contributed by atoms with Gasteiger partial charge in [-0.05, 0) is 31.7 Å². The van der Waals surface area contributed by atoms with Gasteiger partial charge in [-0.1, -0.05) is 19.8 Å². The Morgan fingerprint density at radius 3 is 2.61 bits per heavy atom. The molecular weight excluding hydrogens is 440 g/mol. The number of unbranched alkanes of at least 4 members (excludes halogenated alkanes) is 6. The van der Waals surface area contributed by atoms with Gasteiger partial charge in [-0.15, -0.1) is 0 Å². The topological polar surface area (TPSA) is 82.5 Å². The molecule has 0 radical (unpaired) electrons. The maximum absolute atomic E-state index is 12.4. The molecule has 0 fully saturated rings. The fraction of sp³-hybridized carbons (Fsp3) is 0.480. The molecule has 1 unspecified atom stereocenters. The molecule has 2 aromatic heterocycles. The first-order valence-electron chi connectivity index (χ1n) is 11.6. The summed E-state index contributed by atoms with van der Waals surface area (Å²) in [4.78, 5) is 15.4. The number of hydrogen-bond acceptors (Lipinski definition) is 6. The van der Waals surface area contributed by atoms with Crippen LogP contribution in [0, 0.1) is 0 Å². The Hall–Kier alpha value is -2.58. The molecule has 3 aromatic rings. The van der Waals surface area contributed by atoms with E-state index in [1.165, 1.54) is 32.8 Å². The van der Waals surface area contributed by atoms with E-state index in [9.17, 15) is 9.00 Å². The van der Waals surface area contributed by atoms with Crippen LogP contribution in [0.1, 0.15) is 58.3 Å². The highest BCUT2D eigenvalue weighted by Crippen LogP contribution is 2.32. The first-order chi connectivity index (χ1) is 16.2. The fourth-order valence-corrected chi connectivity index (χ4v) is 4.22. The predicted molar refractivity (Wildman–Crippen MR) is 127 cm³/mol. The molecule has 1 atom stereocenters. The summed E-state index contributed by atoms with van der Waals surface area (Å²) >= 11 is -1.67. The monoisotopic (exact) mass is 473 g/mol. The zero-order valence-electron chi connectivity index (χ0n) is 19.5. The Bertz CT molecular complexity index is 1050. The zero-order chi connectivity index (χ0) is 23.5. The van der Waals surface area contributed by atoms with Gasteiger partial charge in [-0.2, -0.15) is 0 Å². The lowest BCUT2D eigenvalue weighted by Crippen LogP contribution is -2.32. The van der Waals surface area contributed by atoms with E-state index in [4.69, 9.17) is 13.3 Å². The maximum Gasteiger partial charge on any atom is 0.227 e. The van der Waals surface area contributed by atoms with Crippen LogP contribution >= 0.6 is 0 Å². The molecular formula is C25H33N2O5S+. The minimum absolute atomic E-state index is 0.427. The molecule has 7 nitrogen and oxygen atoms in total. The second-order valence-electron chi connectivity index (χ2n) is 7.94. The van der Waals surface area contributed by atoms with Gasteiger partial charge in [0.2, 0.25) is 5.89 Å². The second-order valence-corrected chi connectivity index (χ2v) is 9.18. The average molecular weight is 474 g/mol. The van der Waals surface area contributed by atoms with Crippen molar-refractivity contribution in [2.24, 2.45) is 0 Å². The molecule has 3 rings (SSSR count). The third-order valence-corrected chi connectivity index (χ3v) is 6.40. The smallest absolute Gasteiger partial charge is 0.227 e. The Morgan fingerprint density at radius 1 is 1.09 bits per heavy atom. The molecule has 0 spiro atoms. The van der Waals surface area contributed by atoms with E-state index in [1.807, 2.05) is 24.5 Å². The minimum atomic E-state index is -1.67. The van der Waals surface area contributed by atoms with Crippen molar-refractivity contribution in [3.8, 4) is 17.2 Å². The number of fused-ring (bicyclic) bond motifs is 1. The van der Waals surface area contributed by atoms with Crippen LogP contribution in [0.3, 0.4) is 0 Å². The second kappa shape index (κ2) is 13.2. The van der Waals surface area contributed by atoms with E-state index < -0.39 is 11.1 Å². The van der Waals surface area contributed by atoms with Gasteiger partial charge in [0, 0.05) is 36.6 Å². The Balaban J connectivity index is 1.74. The minimum Gasteiger partial charge on any atom is -0.492 e. The van der Waals surface area contributed by atoms with E-state index in [-0.39, 0.29) is 0 Å². The zero-order valence-corrected chi connectivity index (χ0v) is 20.3. The first-order valence-corrected chi connectivity index (χ1v) is 12.7. The van der Waals surface area contributed by atoms with Gasteiger partial charge in [0.1, 0.15) is 29.0 Å². The quantitative estimate of drug-likeness (QED) is 0.172. The third kappa shape index (κ3) is 7.20. The Kier molecular flexibility index (Phi) is 10.0. The fourth-order valence-electron chi connectivity index (χ4n) is 3.55. The van der Waals surface area contributed by atoms with E-state index in [0.717, 1.165) is 37.7 Å². The van der Waals surface area contributed by atoms with Crippen LogP contribution in [0.2, 0.25) is 0 Å². The van der Waals surface area contributed by atoms with Crippen LogP contribution in [0.15, 0.2) is 46.0 Å². The van der Waals surface area contributed by atoms with E-state index in [2.05, 4.69) is 16.5 Å². The Morgan fingerprint density at radius 2 is 1.88 bits per heavy atom. The highest BCUT2D eigenvalue weighted by atomic mass is 32.2. The molecule has 0 saturated carbocycles. The molecule has 0 saturated heterocycles. The average Bonchev–Trinajstić information content (AvgIpc) is 3.26. The summed E-state index contributed by atoms with van der Waals surface area (Å²) < 4.78 is 31.5. The number of benzene rings is 1. The molecule has 0 aliphatic carbocycles. The number of hydrogen-bond donors (Lipinski definition) is 0. The summed E-state index contributed by atoms with van der Waals surface area (Å²) in [5.74, 6) is 0.960. The van der Waals surface area contributed by atoms with Gasteiger partial charge < -0.3 is 13.9 Å². The van der Waals surface area contributed by atoms with E-state index in [1.54, 1.807) is 12.1 Å². The van der Waals surface area contributed by atoms with Crippen molar-refractivity contribution < 1.29 is 26.9 Å². The van der Waals surface area contributed by atoms with Crippen molar-refractivity contribution >= 4 is 28.5 Å². The summed E-state index contributed by atoms with van der Waals surface area (Å²) in [7, 11) is 1.39. The number of pyridine rings is 1. The summed E-state index contributed by atoms with van der Waals surface area (Å²) in [5.41, 5.74) is 2.04. The number of carbonyl (C=O) groups is 1. The highest BCUT2D eigenvalue weighted by molar-refractivity contribution is 7.80. The van der Waals surface area contributed by atoms with Crippen LogP contribution in [-0.2, 0) is 26.6 Å². The van der Waals surface area contributed by atoms with Gasteiger partial charge in [0.15, 0.2) is 29.1 Å². The van der Waals surface area contributed by atoms with E-state index in [0.29, 0.717) is 40.7 Å². The van der Waals surface area contributed by atoms with Crippen molar-refractivity contribution in [2.75, 3.05) is 13.7 Å². The van der Waals surface area contributed by atoms with Crippen LogP contribution in [0.25, 0.3) is 22.6 Å². The van der Waals surface area contributed by atoms with Gasteiger partial charge in [-0.3, -0.25) is 4.18 Å². The number of aryl methyl sites for hydroxylation is 1. The van der Waals surface area contributed by atoms with Crippen LogP contribution < -0.4 is 9.30 Å². The molecule has 2 heterocycles. The summed E-state index contributed by atoms with van der Waals surface area (Å²) in [6, 6.07) is 7.41. The molecule has 1 aromatic carbocycles. The first kappa shape index (κ1) is 25.1.